The Hall–Kier alpha value is -0.120. The molecule has 3 nitrogen and oxygen atoms in total. The van der Waals surface area contributed by atoms with Crippen LogP contribution in [0.1, 0.15) is 46.0 Å². The molecular weight excluding hydrogens is 180 g/mol. The van der Waals surface area contributed by atoms with Gasteiger partial charge in [0.15, 0.2) is 5.79 Å². The molecule has 0 bridgehead atoms. The van der Waals surface area contributed by atoms with Crippen LogP contribution in [0.2, 0.25) is 0 Å². The molecule has 84 valence electrons. The van der Waals surface area contributed by atoms with E-state index in [1.807, 2.05) is 13.8 Å². The van der Waals surface area contributed by atoms with Crippen LogP contribution < -0.4 is 0 Å². The summed E-state index contributed by atoms with van der Waals surface area (Å²) in [4.78, 5) is 0. The third-order valence-electron chi connectivity index (χ3n) is 2.50. The lowest BCUT2D eigenvalue weighted by molar-refractivity contribution is -0.139. The van der Waals surface area contributed by atoms with E-state index in [1.165, 1.54) is 12.8 Å². The fourth-order valence-electron chi connectivity index (χ4n) is 1.74. The highest BCUT2D eigenvalue weighted by atomic mass is 16.7. The molecule has 3 heteroatoms. The van der Waals surface area contributed by atoms with Crippen molar-refractivity contribution in [2.45, 2.75) is 57.8 Å². The molecule has 0 spiro atoms. The topological polar surface area (TPSA) is 38.7 Å². The molecule has 0 aromatic heterocycles. The van der Waals surface area contributed by atoms with E-state index >= 15 is 0 Å². The maximum Gasteiger partial charge on any atom is 0.163 e. The van der Waals surface area contributed by atoms with Crippen LogP contribution in [0.5, 0.6) is 0 Å². The van der Waals surface area contributed by atoms with Crippen molar-refractivity contribution in [3.05, 3.63) is 0 Å². The zero-order valence-corrected chi connectivity index (χ0v) is 9.29. The van der Waals surface area contributed by atoms with Crippen molar-refractivity contribution in [2.24, 2.45) is 0 Å². The minimum Gasteiger partial charge on any atom is -0.396 e. The molecule has 1 heterocycles. The van der Waals surface area contributed by atoms with Crippen LogP contribution in [0.15, 0.2) is 0 Å². The van der Waals surface area contributed by atoms with Crippen molar-refractivity contribution >= 4 is 0 Å². The van der Waals surface area contributed by atoms with Gasteiger partial charge in [0.1, 0.15) is 0 Å². The summed E-state index contributed by atoms with van der Waals surface area (Å²) in [6.45, 7) is 4.96. The maximum atomic E-state index is 8.60. The molecule has 1 atom stereocenters. The maximum absolute atomic E-state index is 8.60. The van der Waals surface area contributed by atoms with Gasteiger partial charge in [0, 0.05) is 6.61 Å². The van der Waals surface area contributed by atoms with Gasteiger partial charge in [-0.1, -0.05) is 19.3 Å². The molecule has 0 aliphatic carbocycles. The van der Waals surface area contributed by atoms with Gasteiger partial charge in [-0.3, -0.25) is 0 Å². The molecule has 0 saturated carbocycles. The Morgan fingerprint density at radius 3 is 2.50 bits per heavy atom. The van der Waals surface area contributed by atoms with Gasteiger partial charge < -0.3 is 14.6 Å². The van der Waals surface area contributed by atoms with Crippen molar-refractivity contribution < 1.29 is 14.6 Å². The average Bonchev–Trinajstić information content (AvgIpc) is 2.45. The predicted molar refractivity (Wildman–Crippen MR) is 55.1 cm³/mol. The van der Waals surface area contributed by atoms with Gasteiger partial charge in [-0.25, -0.2) is 0 Å². The van der Waals surface area contributed by atoms with Crippen molar-refractivity contribution in [2.75, 3.05) is 13.2 Å². The molecule has 0 aromatic rings. The summed E-state index contributed by atoms with van der Waals surface area (Å²) in [6.07, 6.45) is 5.75. The SMILES string of the molecule is CC1(C)OC[C@H](CCCCCCO)O1. The van der Waals surface area contributed by atoms with Crippen LogP contribution >= 0.6 is 0 Å². The zero-order chi connectivity index (χ0) is 10.4. The molecular formula is C11H22O3. The van der Waals surface area contributed by atoms with Crippen LogP contribution in [0.25, 0.3) is 0 Å². The van der Waals surface area contributed by atoms with Gasteiger partial charge in [0.25, 0.3) is 0 Å². The van der Waals surface area contributed by atoms with Crippen LogP contribution in [0.3, 0.4) is 0 Å². The van der Waals surface area contributed by atoms with Crippen molar-refractivity contribution in [1.82, 2.24) is 0 Å². The van der Waals surface area contributed by atoms with E-state index in [4.69, 9.17) is 14.6 Å². The van der Waals surface area contributed by atoms with Crippen molar-refractivity contribution in [3.63, 3.8) is 0 Å². The number of rotatable bonds is 6. The number of aliphatic hydroxyl groups is 1. The summed E-state index contributed by atoms with van der Waals surface area (Å²) < 4.78 is 11.2. The first-order valence-electron chi connectivity index (χ1n) is 5.57. The molecule has 1 saturated heterocycles. The monoisotopic (exact) mass is 202 g/mol. The third-order valence-corrected chi connectivity index (χ3v) is 2.50. The Morgan fingerprint density at radius 2 is 1.93 bits per heavy atom. The minimum atomic E-state index is -0.379. The van der Waals surface area contributed by atoms with E-state index < -0.39 is 0 Å². The first-order chi connectivity index (χ1) is 6.64. The molecule has 0 amide bonds. The van der Waals surface area contributed by atoms with Gasteiger partial charge in [0.2, 0.25) is 0 Å². The highest BCUT2D eigenvalue weighted by molar-refractivity contribution is 4.70. The van der Waals surface area contributed by atoms with Gasteiger partial charge in [0.05, 0.1) is 12.7 Å². The van der Waals surface area contributed by atoms with Crippen LogP contribution in [0, 0.1) is 0 Å². The molecule has 1 N–H and O–H groups in total. The Bertz CT molecular complexity index is 157. The third kappa shape index (κ3) is 4.40. The highest BCUT2D eigenvalue weighted by Gasteiger charge is 2.31. The van der Waals surface area contributed by atoms with E-state index in [0.29, 0.717) is 6.61 Å². The lowest BCUT2D eigenvalue weighted by Crippen LogP contribution is -2.21. The highest BCUT2D eigenvalue weighted by Crippen LogP contribution is 2.25. The van der Waals surface area contributed by atoms with Gasteiger partial charge in [-0.15, -0.1) is 0 Å². The Balaban J connectivity index is 1.98. The largest absolute Gasteiger partial charge is 0.396 e. The van der Waals surface area contributed by atoms with E-state index in [-0.39, 0.29) is 11.9 Å². The standard InChI is InChI=1S/C11H22O3/c1-11(2)13-9-10(14-11)7-5-3-4-6-8-12/h10,12H,3-9H2,1-2H3/t10-/m0/s1. The molecule has 0 unspecified atom stereocenters. The quantitative estimate of drug-likeness (QED) is 0.670. The number of hydrogen-bond acceptors (Lipinski definition) is 3. The summed E-state index contributed by atoms with van der Waals surface area (Å²) in [5.41, 5.74) is 0. The Morgan fingerprint density at radius 1 is 1.21 bits per heavy atom. The molecule has 0 radical (unpaired) electrons. The molecule has 1 fully saturated rings. The summed E-state index contributed by atoms with van der Waals surface area (Å²) in [6, 6.07) is 0. The van der Waals surface area contributed by atoms with Gasteiger partial charge in [-0.2, -0.15) is 0 Å². The van der Waals surface area contributed by atoms with E-state index in [2.05, 4.69) is 0 Å². The molecule has 1 aliphatic heterocycles. The van der Waals surface area contributed by atoms with Gasteiger partial charge >= 0.3 is 0 Å². The summed E-state index contributed by atoms with van der Waals surface area (Å²) in [5.74, 6) is -0.379. The normalized spacial score (nSPS) is 25.5. The number of hydrogen-bond donors (Lipinski definition) is 1. The van der Waals surface area contributed by atoms with Crippen molar-refractivity contribution in [3.8, 4) is 0 Å². The fraction of sp³-hybridized carbons (Fsp3) is 1.00. The molecule has 1 aliphatic rings. The van der Waals surface area contributed by atoms with Crippen molar-refractivity contribution in [1.29, 1.82) is 0 Å². The molecule has 1 rings (SSSR count). The number of unbranched alkanes of at least 4 members (excludes halogenated alkanes) is 3. The van der Waals surface area contributed by atoms with Crippen LogP contribution in [-0.2, 0) is 9.47 Å². The second kappa shape index (κ2) is 5.69. The second-order valence-electron chi connectivity index (χ2n) is 4.38. The van der Waals surface area contributed by atoms with E-state index in [9.17, 15) is 0 Å². The number of ether oxygens (including phenoxy) is 2. The first-order valence-corrected chi connectivity index (χ1v) is 5.57. The predicted octanol–water partition coefficient (Wildman–Crippen LogP) is 2.08. The van der Waals surface area contributed by atoms with Gasteiger partial charge in [-0.05, 0) is 26.7 Å². The lowest BCUT2D eigenvalue weighted by Gasteiger charge is -2.16. The minimum absolute atomic E-state index is 0.277. The fourth-order valence-corrected chi connectivity index (χ4v) is 1.74. The first kappa shape index (κ1) is 12.0. The van der Waals surface area contributed by atoms with Crippen LogP contribution in [0.4, 0.5) is 0 Å². The van der Waals surface area contributed by atoms with Crippen LogP contribution in [-0.4, -0.2) is 30.2 Å². The Labute approximate surface area is 86.4 Å². The second-order valence-corrected chi connectivity index (χ2v) is 4.38. The van der Waals surface area contributed by atoms with E-state index in [1.54, 1.807) is 0 Å². The smallest absolute Gasteiger partial charge is 0.163 e. The zero-order valence-electron chi connectivity index (χ0n) is 9.29. The molecule has 0 aromatic carbocycles. The molecule has 14 heavy (non-hydrogen) atoms. The average molecular weight is 202 g/mol. The summed E-state index contributed by atoms with van der Waals surface area (Å²) in [7, 11) is 0. The summed E-state index contributed by atoms with van der Waals surface area (Å²) >= 11 is 0. The Kier molecular flexibility index (Phi) is 4.85. The lowest BCUT2D eigenvalue weighted by atomic mass is 10.1. The van der Waals surface area contributed by atoms with E-state index in [0.717, 1.165) is 25.9 Å². The number of aliphatic hydroxyl groups excluding tert-OH is 1. The summed E-state index contributed by atoms with van der Waals surface area (Å²) in [5, 5.41) is 8.60.